The summed E-state index contributed by atoms with van der Waals surface area (Å²) >= 11 is 0. The number of halogens is 3. The Balaban J connectivity index is 0.00000242. The Labute approximate surface area is 146 Å². The molecular weight excluding hydrogens is 348 g/mol. The lowest BCUT2D eigenvalue weighted by Crippen LogP contribution is -2.45. The number of nitrogens with zero attached hydrogens (tertiary/aromatic N) is 2. The molecule has 2 N–H and O–H groups in total. The number of hydrogen-bond acceptors (Lipinski definition) is 5. The molecule has 0 amide bonds. The topological polar surface area (TPSA) is 78.6 Å². The van der Waals surface area contributed by atoms with E-state index >= 15 is 0 Å². The van der Waals surface area contributed by atoms with Crippen molar-refractivity contribution >= 4 is 30.5 Å². The minimum atomic E-state index is -0.969. The predicted molar refractivity (Wildman–Crippen MR) is 91.2 cm³/mol. The monoisotopic (exact) mass is 367 g/mol. The highest BCUT2D eigenvalue weighted by molar-refractivity contribution is 5.85. The van der Waals surface area contributed by atoms with E-state index in [1.54, 1.807) is 6.08 Å². The van der Waals surface area contributed by atoms with E-state index in [1.807, 2.05) is 0 Å². The first-order chi connectivity index (χ1) is 10.0. The molecule has 9 heteroatoms. The van der Waals surface area contributed by atoms with Gasteiger partial charge in [0.15, 0.2) is 11.6 Å². The number of phenolic OH excluding ortho intramolecular Hbond substituents is 1. The first-order valence-corrected chi connectivity index (χ1v) is 6.77. The highest BCUT2D eigenvalue weighted by Crippen LogP contribution is 2.36. The lowest BCUT2D eigenvalue weighted by Gasteiger charge is -2.35. The maximum absolute atomic E-state index is 13.8. The largest absolute Gasteiger partial charge is 0.505 e. The van der Waals surface area contributed by atoms with Crippen LogP contribution in [0.25, 0.3) is 0 Å². The van der Waals surface area contributed by atoms with Crippen LogP contribution in [0.4, 0.5) is 10.1 Å². The molecule has 1 aromatic carbocycles. The molecule has 23 heavy (non-hydrogen) atoms. The van der Waals surface area contributed by atoms with E-state index in [9.17, 15) is 19.6 Å². The van der Waals surface area contributed by atoms with E-state index in [0.717, 1.165) is 32.2 Å². The van der Waals surface area contributed by atoms with Gasteiger partial charge in [-0.3, -0.25) is 15.0 Å². The summed E-state index contributed by atoms with van der Waals surface area (Å²) in [6, 6.07) is 1.66. The summed E-state index contributed by atoms with van der Waals surface area (Å²) in [7, 11) is 0. The summed E-state index contributed by atoms with van der Waals surface area (Å²) in [5, 5.41) is 24.1. The van der Waals surface area contributed by atoms with Crippen LogP contribution in [0.15, 0.2) is 24.8 Å². The van der Waals surface area contributed by atoms with Gasteiger partial charge in [0, 0.05) is 43.9 Å². The second-order valence-electron chi connectivity index (χ2n) is 4.95. The van der Waals surface area contributed by atoms with E-state index in [0.29, 0.717) is 6.42 Å². The standard InChI is InChI=1S/C14H18FN3O3.2ClH/c1-2-3-13(17-6-4-16-5-7-17)11-8-10(18(20)21)9-12(15)14(11)19;;/h2,8-9,13,16,19H,1,3-7H2;2*1H/t13-;;/m1../s1. The quantitative estimate of drug-likeness (QED) is 0.475. The van der Waals surface area contributed by atoms with Crippen LogP contribution >= 0.6 is 24.8 Å². The zero-order chi connectivity index (χ0) is 15.4. The number of nitro benzene ring substituents is 1. The zero-order valence-electron chi connectivity index (χ0n) is 12.4. The number of aromatic hydroxyl groups is 1. The first kappa shape index (κ1) is 21.6. The molecule has 0 spiro atoms. The van der Waals surface area contributed by atoms with Crippen molar-refractivity contribution in [1.82, 2.24) is 10.2 Å². The van der Waals surface area contributed by atoms with E-state index in [1.165, 1.54) is 6.07 Å². The molecule has 2 rings (SSSR count). The van der Waals surface area contributed by atoms with Crippen LogP contribution in [0.1, 0.15) is 18.0 Å². The number of hydrogen-bond donors (Lipinski definition) is 2. The third kappa shape index (κ3) is 5.04. The lowest BCUT2D eigenvalue weighted by atomic mass is 9.99. The summed E-state index contributed by atoms with van der Waals surface area (Å²) in [5.41, 5.74) is -0.118. The van der Waals surface area contributed by atoms with Crippen LogP contribution in [-0.4, -0.2) is 41.1 Å². The highest BCUT2D eigenvalue weighted by Gasteiger charge is 2.27. The van der Waals surface area contributed by atoms with Crippen molar-refractivity contribution in [3.05, 3.63) is 46.3 Å². The average Bonchev–Trinajstić information content (AvgIpc) is 2.48. The molecule has 1 atom stereocenters. The first-order valence-electron chi connectivity index (χ1n) is 6.77. The Morgan fingerprint density at radius 2 is 2.04 bits per heavy atom. The summed E-state index contributed by atoms with van der Waals surface area (Å²) in [5.74, 6) is -1.49. The van der Waals surface area contributed by atoms with Crippen LogP contribution < -0.4 is 5.32 Å². The molecule has 0 unspecified atom stereocenters. The molecule has 0 aliphatic carbocycles. The Hall–Kier alpha value is -1.41. The minimum Gasteiger partial charge on any atom is -0.505 e. The molecule has 6 nitrogen and oxygen atoms in total. The van der Waals surface area contributed by atoms with Crippen molar-refractivity contribution < 1.29 is 14.4 Å². The van der Waals surface area contributed by atoms with Crippen molar-refractivity contribution in [1.29, 1.82) is 0 Å². The number of benzene rings is 1. The second-order valence-corrected chi connectivity index (χ2v) is 4.95. The number of phenols is 1. The van der Waals surface area contributed by atoms with Crippen molar-refractivity contribution in [2.75, 3.05) is 26.2 Å². The van der Waals surface area contributed by atoms with Crippen LogP contribution in [-0.2, 0) is 0 Å². The average molecular weight is 368 g/mol. The van der Waals surface area contributed by atoms with E-state index < -0.39 is 16.5 Å². The van der Waals surface area contributed by atoms with E-state index in [4.69, 9.17) is 0 Å². The molecular formula is C14H20Cl2FN3O3. The number of rotatable bonds is 5. The molecule has 1 aliphatic rings. The molecule has 1 aliphatic heterocycles. The van der Waals surface area contributed by atoms with Crippen LogP contribution in [0.3, 0.4) is 0 Å². The van der Waals surface area contributed by atoms with Gasteiger partial charge in [-0.25, -0.2) is 4.39 Å². The fraction of sp³-hybridized carbons (Fsp3) is 0.429. The fourth-order valence-electron chi connectivity index (χ4n) is 2.59. The third-order valence-corrected chi connectivity index (χ3v) is 3.63. The lowest BCUT2D eigenvalue weighted by molar-refractivity contribution is -0.385. The molecule has 130 valence electrons. The maximum Gasteiger partial charge on any atom is 0.272 e. The Kier molecular flexibility index (Phi) is 9.07. The predicted octanol–water partition coefficient (Wildman–Crippen LogP) is 2.81. The summed E-state index contributed by atoms with van der Waals surface area (Å²) < 4.78 is 13.8. The minimum absolute atomic E-state index is 0. The van der Waals surface area contributed by atoms with Gasteiger partial charge in [-0.1, -0.05) is 6.08 Å². The maximum atomic E-state index is 13.8. The van der Waals surface area contributed by atoms with Crippen LogP contribution in [0.2, 0.25) is 0 Å². The van der Waals surface area contributed by atoms with Gasteiger partial charge in [-0.05, 0) is 6.42 Å². The molecule has 1 saturated heterocycles. The van der Waals surface area contributed by atoms with Gasteiger partial charge in [0.2, 0.25) is 0 Å². The smallest absolute Gasteiger partial charge is 0.272 e. The summed E-state index contributed by atoms with van der Waals surface area (Å²) in [4.78, 5) is 12.3. The molecule has 1 heterocycles. The zero-order valence-corrected chi connectivity index (χ0v) is 14.0. The van der Waals surface area contributed by atoms with Crippen LogP contribution in [0.5, 0.6) is 5.75 Å². The van der Waals surface area contributed by atoms with Crippen molar-refractivity contribution in [3.8, 4) is 5.75 Å². The summed E-state index contributed by atoms with van der Waals surface area (Å²) in [6.07, 6.45) is 2.15. The number of non-ortho nitro benzene ring substituents is 1. The Morgan fingerprint density at radius 1 is 1.43 bits per heavy atom. The molecule has 0 radical (unpaired) electrons. The van der Waals surface area contributed by atoms with Crippen molar-refractivity contribution in [2.45, 2.75) is 12.5 Å². The van der Waals surface area contributed by atoms with Crippen molar-refractivity contribution in [2.24, 2.45) is 0 Å². The van der Waals surface area contributed by atoms with Crippen molar-refractivity contribution in [3.63, 3.8) is 0 Å². The Morgan fingerprint density at radius 3 is 2.57 bits per heavy atom. The Bertz CT molecular complexity index is 554. The van der Waals surface area contributed by atoms with Gasteiger partial charge >= 0.3 is 0 Å². The molecule has 1 aromatic rings. The number of piperazine rings is 1. The SMILES string of the molecule is C=CC[C@H](c1cc([N+](=O)[O-])cc(F)c1O)N1CCNCC1.Cl.Cl. The number of nitrogens with one attached hydrogen (secondary N) is 1. The van der Waals surface area contributed by atoms with E-state index in [2.05, 4.69) is 16.8 Å². The van der Waals surface area contributed by atoms with Crippen LogP contribution in [0, 0.1) is 15.9 Å². The van der Waals surface area contributed by atoms with Gasteiger partial charge in [0.25, 0.3) is 5.69 Å². The normalized spacial score (nSPS) is 15.9. The van der Waals surface area contributed by atoms with E-state index in [-0.39, 0.29) is 42.1 Å². The highest BCUT2D eigenvalue weighted by atomic mass is 35.5. The van der Waals surface area contributed by atoms with Gasteiger partial charge in [-0.15, -0.1) is 31.4 Å². The van der Waals surface area contributed by atoms with Gasteiger partial charge < -0.3 is 10.4 Å². The molecule has 0 saturated carbocycles. The molecule has 0 aromatic heterocycles. The second kappa shape index (κ2) is 9.67. The van der Waals surface area contributed by atoms with Gasteiger partial charge in [0.1, 0.15) is 0 Å². The third-order valence-electron chi connectivity index (χ3n) is 3.63. The molecule has 0 bridgehead atoms. The number of nitro groups is 1. The fourth-order valence-corrected chi connectivity index (χ4v) is 2.59. The summed E-state index contributed by atoms with van der Waals surface area (Å²) in [6.45, 7) is 6.69. The van der Waals surface area contributed by atoms with Gasteiger partial charge in [0.05, 0.1) is 11.0 Å². The molecule has 1 fully saturated rings. The van der Waals surface area contributed by atoms with Gasteiger partial charge in [-0.2, -0.15) is 0 Å².